The molecule has 1 unspecified atom stereocenters. The van der Waals surface area contributed by atoms with Gasteiger partial charge in [0.25, 0.3) is 0 Å². The van der Waals surface area contributed by atoms with Gasteiger partial charge < -0.3 is 4.79 Å². The van der Waals surface area contributed by atoms with Gasteiger partial charge in [-0.2, -0.15) is 0 Å². The minimum absolute atomic E-state index is 0.307. The Kier molecular flexibility index (Phi) is 3.66. The van der Waals surface area contributed by atoms with Crippen molar-refractivity contribution in [3.05, 3.63) is 11.6 Å². The van der Waals surface area contributed by atoms with E-state index in [2.05, 4.69) is 6.58 Å². The number of aldehydes is 1. The van der Waals surface area contributed by atoms with Crippen LogP contribution in [0.15, 0.2) is 11.6 Å². The van der Waals surface area contributed by atoms with E-state index in [1.54, 1.807) is 0 Å². The van der Waals surface area contributed by atoms with Crippen molar-refractivity contribution in [2.75, 3.05) is 0 Å². The summed E-state index contributed by atoms with van der Waals surface area (Å²) in [5, 5.41) is 0.552. The van der Waals surface area contributed by atoms with Crippen LogP contribution in [0, 0.1) is 5.41 Å². The second-order valence-electron chi connectivity index (χ2n) is 2.82. The molecule has 0 aliphatic rings. The molecule has 0 radical (unpaired) electrons. The van der Waals surface area contributed by atoms with Crippen molar-refractivity contribution in [3.63, 3.8) is 0 Å². The Labute approximate surface area is 67.1 Å². The number of allylic oxidation sites excluding steroid dienone is 1. The van der Waals surface area contributed by atoms with Crippen LogP contribution in [-0.4, -0.2) is 6.29 Å². The second kappa shape index (κ2) is 3.77. The summed E-state index contributed by atoms with van der Waals surface area (Å²) in [6.45, 7) is 7.39. The zero-order valence-electron chi connectivity index (χ0n) is 6.48. The largest absolute Gasteiger partial charge is 0.303 e. The third-order valence-electron chi connectivity index (χ3n) is 1.69. The second-order valence-corrected chi connectivity index (χ2v) is 3.35. The number of carbonyl (C=O) groups excluding carboxylic acids is 1. The Balaban J connectivity index is 4.05. The summed E-state index contributed by atoms with van der Waals surface area (Å²) in [7, 11) is 0. The lowest BCUT2D eigenvalue weighted by atomic mass is 9.86. The van der Waals surface area contributed by atoms with Gasteiger partial charge in [-0.1, -0.05) is 32.0 Å². The van der Waals surface area contributed by atoms with Crippen LogP contribution in [0.2, 0.25) is 0 Å². The number of halogens is 1. The van der Waals surface area contributed by atoms with Gasteiger partial charge in [0.05, 0.1) is 0 Å². The highest BCUT2D eigenvalue weighted by atomic mass is 35.5. The first-order valence-corrected chi connectivity index (χ1v) is 3.71. The van der Waals surface area contributed by atoms with Gasteiger partial charge in [0.2, 0.25) is 0 Å². The predicted molar refractivity (Wildman–Crippen MR) is 44.1 cm³/mol. The molecule has 0 spiro atoms. The Hall–Kier alpha value is -0.300. The molecule has 0 saturated carbocycles. The van der Waals surface area contributed by atoms with E-state index in [9.17, 15) is 4.79 Å². The molecule has 0 aromatic heterocycles. The van der Waals surface area contributed by atoms with Gasteiger partial charge in [0.15, 0.2) is 0 Å². The van der Waals surface area contributed by atoms with Crippen molar-refractivity contribution < 1.29 is 4.79 Å². The lowest BCUT2D eigenvalue weighted by Crippen LogP contribution is -2.16. The van der Waals surface area contributed by atoms with E-state index < -0.39 is 0 Å². The molecule has 0 aromatic rings. The fourth-order valence-corrected chi connectivity index (χ4v) is 0.993. The number of carbonyl (C=O) groups is 1. The lowest BCUT2D eigenvalue weighted by molar-refractivity contribution is -0.115. The molecule has 0 aromatic carbocycles. The van der Waals surface area contributed by atoms with E-state index in [-0.39, 0.29) is 5.41 Å². The Bertz CT molecular complexity index is 142. The molecule has 0 aliphatic carbocycles. The van der Waals surface area contributed by atoms with E-state index in [4.69, 9.17) is 11.6 Å². The van der Waals surface area contributed by atoms with Gasteiger partial charge >= 0.3 is 0 Å². The van der Waals surface area contributed by atoms with Gasteiger partial charge in [0.1, 0.15) is 6.29 Å². The van der Waals surface area contributed by atoms with Crippen LogP contribution in [0.3, 0.4) is 0 Å². The zero-order valence-corrected chi connectivity index (χ0v) is 7.24. The molecule has 0 amide bonds. The minimum Gasteiger partial charge on any atom is -0.303 e. The quantitative estimate of drug-likeness (QED) is 0.578. The highest BCUT2D eigenvalue weighted by Crippen LogP contribution is 2.27. The molecule has 58 valence electrons. The van der Waals surface area contributed by atoms with Crippen molar-refractivity contribution in [1.82, 2.24) is 0 Å². The molecule has 0 heterocycles. The first-order valence-electron chi connectivity index (χ1n) is 3.33. The molecule has 0 bridgehead atoms. The van der Waals surface area contributed by atoms with Crippen molar-refractivity contribution in [3.8, 4) is 0 Å². The molecular formula is C8H13ClO. The van der Waals surface area contributed by atoms with Gasteiger partial charge in [-0.05, 0) is 12.8 Å². The highest BCUT2D eigenvalue weighted by Gasteiger charge is 2.21. The molecule has 10 heavy (non-hydrogen) atoms. The SMILES string of the molecule is C=C(Cl)CC(C)(C=O)CC. The van der Waals surface area contributed by atoms with Crippen molar-refractivity contribution in [2.24, 2.45) is 5.41 Å². The van der Waals surface area contributed by atoms with E-state index >= 15 is 0 Å². The van der Waals surface area contributed by atoms with E-state index in [1.807, 2.05) is 13.8 Å². The topological polar surface area (TPSA) is 17.1 Å². The molecule has 1 atom stereocenters. The van der Waals surface area contributed by atoms with Crippen molar-refractivity contribution in [1.29, 1.82) is 0 Å². The summed E-state index contributed by atoms with van der Waals surface area (Å²) in [6, 6.07) is 0. The van der Waals surface area contributed by atoms with Crippen molar-refractivity contribution in [2.45, 2.75) is 26.7 Å². The molecule has 0 rings (SSSR count). The van der Waals surface area contributed by atoms with Crippen LogP contribution < -0.4 is 0 Å². The predicted octanol–water partition coefficient (Wildman–Crippen LogP) is 2.74. The Morgan fingerprint density at radius 2 is 2.30 bits per heavy atom. The lowest BCUT2D eigenvalue weighted by Gasteiger charge is -2.19. The summed E-state index contributed by atoms with van der Waals surface area (Å²) < 4.78 is 0. The van der Waals surface area contributed by atoms with Crippen molar-refractivity contribution >= 4 is 17.9 Å². The molecule has 1 nitrogen and oxygen atoms in total. The van der Waals surface area contributed by atoms with Crippen LogP contribution >= 0.6 is 11.6 Å². The maximum atomic E-state index is 10.5. The Morgan fingerprint density at radius 1 is 1.80 bits per heavy atom. The van der Waals surface area contributed by atoms with Gasteiger partial charge in [-0.15, -0.1) is 0 Å². The normalized spacial score (nSPS) is 15.9. The first kappa shape index (κ1) is 9.70. The zero-order chi connectivity index (χ0) is 8.20. The third-order valence-corrected chi connectivity index (χ3v) is 1.82. The molecule has 0 N–H and O–H groups in total. The van der Waals surface area contributed by atoms with Crippen LogP contribution in [0.1, 0.15) is 26.7 Å². The molecule has 0 saturated heterocycles. The van der Waals surface area contributed by atoms with E-state index in [0.717, 1.165) is 12.7 Å². The van der Waals surface area contributed by atoms with E-state index in [0.29, 0.717) is 11.5 Å². The van der Waals surface area contributed by atoms with Gasteiger partial charge in [-0.25, -0.2) is 0 Å². The average molecular weight is 161 g/mol. The highest BCUT2D eigenvalue weighted by molar-refractivity contribution is 6.29. The summed E-state index contributed by atoms with van der Waals surface area (Å²) in [6.07, 6.45) is 2.33. The van der Waals surface area contributed by atoms with Gasteiger partial charge in [0, 0.05) is 10.4 Å². The van der Waals surface area contributed by atoms with E-state index in [1.165, 1.54) is 0 Å². The molecular weight excluding hydrogens is 148 g/mol. The fraction of sp³-hybridized carbons (Fsp3) is 0.625. The van der Waals surface area contributed by atoms with Crippen LogP contribution in [0.25, 0.3) is 0 Å². The standard InChI is InChI=1S/C8H13ClO/c1-4-8(3,6-10)5-7(2)9/h6H,2,4-5H2,1,3H3. The number of hydrogen-bond acceptors (Lipinski definition) is 1. The first-order chi connectivity index (χ1) is 4.54. The summed E-state index contributed by atoms with van der Waals surface area (Å²) in [4.78, 5) is 10.5. The smallest absolute Gasteiger partial charge is 0.126 e. The number of rotatable bonds is 4. The summed E-state index contributed by atoms with van der Waals surface area (Å²) in [5.41, 5.74) is -0.307. The number of hydrogen-bond donors (Lipinski definition) is 0. The molecule has 2 heteroatoms. The molecule has 0 fully saturated rings. The monoisotopic (exact) mass is 160 g/mol. The molecule has 0 aliphatic heterocycles. The summed E-state index contributed by atoms with van der Waals surface area (Å²) in [5.74, 6) is 0. The Morgan fingerprint density at radius 3 is 2.40 bits per heavy atom. The maximum absolute atomic E-state index is 10.5. The maximum Gasteiger partial charge on any atom is 0.126 e. The fourth-order valence-electron chi connectivity index (χ4n) is 0.688. The van der Waals surface area contributed by atoms with Crippen LogP contribution in [-0.2, 0) is 4.79 Å². The van der Waals surface area contributed by atoms with Crippen LogP contribution in [0.5, 0.6) is 0 Å². The summed E-state index contributed by atoms with van der Waals surface area (Å²) >= 11 is 5.57. The van der Waals surface area contributed by atoms with Gasteiger partial charge in [-0.3, -0.25) is 0 Å². The van der Waals surface area contributed by atoms with Crippen LogP contribution in [0.4, 0.5) is 0 Å². The third kappa shape index (κ3) is 3.02. The average Bonchev–Trinajstić information content (AvgIpc) is 1.87. The minimum atomic E-state index is -0.307.